The van der Waals surface area contributed by atoms with Crippen molar-refractivity contribution in [3.8, 4) is 0 Å². The number of hydrogen-bond acceptors (Lipinski definition) is 3. The summed E-state index contributed by atoms with van der Waals surface area (Å²) in [6.45, 7) is 1.39. The Morgan fingerprint density at radius 1 is 1.30 bits per heavy atom. The molecule has 3 rings (SSSR count). The molecule has 0 bridgehead atoms. The van der Waals surface area contributed by atoms with E-state index in [0.717, 1.165) is 19.4 Å². The van der Waals surface area contributed by atoms with E-state index in [4.69, 9.17) is 5.73 Å². The number of rotatable bonds is 1. The summed E-state index contributed by atoms with van der Waals surface area (Å²) in [4.78, 5) is 14.5. The van der Waals surface area contributed by atoms with Gasteiger partial charge in [0.1, 0.15) is 5.69 Å². The molecule has 0 unspecified atom stereocenters. The number of benzene rings is 1. The minimum atomic E-state index is -0.0424. The first-order valence-electron chi connectivity index (χ1n) is 6.80. The first kappa shape index (κ1) is 12.7. The van der Waals surface area contributed by atoms with Crippen molar-refractivity contribution in [3.05, 3.63) is 47.3 Å². The molecule has 0 atom stereocenters. The van der Waals surface area contributed by atoms with Gasteiger partial charge in [0.25, 0.3) is 5.91 Å². The highest BCUT2D eigenvalue weighted by molar-refractivity contribution is 5.97. The van der Waals surface area contributed by atoms with Crippen LogP contribution in [0.15, 0.2) is 30.5 Å². The molecule has 0 fully saturated rings. The number of fused-ring (bicyclic) bond motifs is 1. The quantitative estimate of drug-likeness (QED) is 0.856. The highest BCUT2D eigenvalue weighted by atomic mass is 16.2. The molecule has 5 heteroatoms. The van der Waals surface area contributed by atoms with Crippen LogP contribution in [0.2, 0.25) is 0 Å². The van der Waals surface area contributed by atoms with Crippen LogP contribution in [0.1, 0.15) is 28.0 Å². The average molecular weight is 270 g/mol. The van der Waals surface area contributed by atoms with Gasteiger partial charge in [-0.25, -0.2) is 0 Å². The number of carbonyl (C=O) groups excluding carboxylic acids is 1. The predicted octanol–water partition coefficient (Wildman–Crippen LogP) is 1.59. The van der Waals surface area contributed by atoms with Crippen molar-refractivity contribution in [2.45, 2.75) is 19.4 Å². The van der Waals surface area contributed by atoms with Crippen molar-refractivity contribution in [2.24, 2.45) is 7.05 Å². The Labute approximate surface area is 118 Å². The fourth-order valence-electron chi connectivity index (χ4n) is 2.74. The minimum absolute atomic E-state index is 0.0424. The number of nitrogens with two attached hydrogens (primary N) is 1. The van der Waals surface area contributed by atoms with Crippen molar-refractivity contribution in [1.29, 1.82) is 0 Å². The Morgan fingerprint density at radius 3 is 2.75 bits per heavy atom. The second kappa shape index (κ2) is 5.00. The molecule has 1 aromatic carbocycles. The third-order valence-electron chi connectivity index (χ3n) is 3.81. The van der Waals surface area contributed by atoms with Crippen LogP contribution < -0.4 is 5.73 Å². The molecule has 0 spiro atoms. The van der Waals surface area contributed by atoms with Crippen LogP contribution in [0, 0.1) is 0 Å². The van der Waals surface area contributed by atoms with Crippen molar-refractivity contribution >= 4 is 11.6 Å². The number of nitrogens with zero attached hydrogens (tertiary/aromatic N) is 3. The zero-order valence-corrected chi connectivity index (χ0v) is 11.5. The third-order valence-corrected chi connectivity index (χ3v) is 3.81. The summed E-state index contributed by atoms with van der Waals surface area (Å²) in [7, 11) is 1.75. The highest BCUT2D eigenvalue weighted by Gasteiger charge is 2.24. The van der Waals surface area contributed by atoms with E-state index in [-0.39, 0.29) is 5.91 Å². The van der Waals surface area contributed by atoms with Crippen LogP contribution in [0.5, 0.6) is 0 Å². The van der Waals surface area contributed by atoms with Gasteiger partial charge in [0.2, 0.25) is 0 Å². The Morgan fingerprint density at radius 2 is 2.05 bits per heavy atom. The molecule has 104 valence electrons. The molecule has 20 heavy (non-hydrogen) atoms. The molecule has 1 aromatic heterocycles. The highest BCUT2D eigenvalue weighted by Crippen LogP contribution is 2.21. The van der Waals surface area contributed by atoms with Gasteiger partial charge in [-0.3, -0.25) is 9.48 Å². The molecule has 2 heterocycles. The SMILES string of the molecule is Cn1ncc(N)c1C(=O)N1CCCc2ccccc2C1. The van der Waals surface area contributed by atoms with E-state index in [1.807, 2.05) is 11.0 Å². The molecule has 0 saturated heterocycles. The van der Waals surface area contributed by atoms with E-state index >= 15 is 0 Å². The number of carbonyl (C=O) groups is 1. The van der Waals surface area contributed by atoms with E-state index in [9.17, 15) is 4.79 Å². The average Bonchev–Trinajstić information content (AvgIpc) is 2.66. The monoisotopic (exact) mass is 270 g/mol. The topological polar surface area (TPSA) is 64.2 Å². The Hall–Kier alpha value is -2.30. The van der Waals surface area contributed by atoms with Crippen molar-refractivity contribution in [1.82, 2.24) is 14.7 Å². The Bertz CT molecular complexity index is 628. The number of nitrogen functional groups attached to an aromatic ring is 1. The van der Waals surface area contributed by atoms with Gasteiger partial charge in [0.15, 0.2) is 0 Å². The molecule has 0 radical (unpaired) electrons. The molecular formula is C15H18N4O. The van der Waals surface area contributed by atoms with Gasteiger partial charge in [0.05, 0.1) is 11.9 Å². The Kier molecular flexibility index (Phi) is 3.18. The van der Waals surface area contributed by atoms with E-state index < -0.39 is 0 Å². The molecule has 2 N–H and O–H groups in total. The van der Waals surface area contributed by atoms with E-state index in [2.05, 4.69) is 23.3 Å². The summed E-state index contributed by atoms with van der Waals surface area (Å²) in [5.74, 6) is -0.0424. The van der Waals surface area contributed by atoms with Crippen LogP contribution in [0.4, 0.5) is 5.69 Å². The van der Waals surface area contributed by atoms with Gasteiger partial charge in [-0.05, 0) is 24.0 Å². The molecule has 0 aliphatic carbocycles. The lowest BCUT2D eigenvalue weighted by atomic mass is 10.0. The van der Waals surface area contributed by atoms with Crippen LogP contribution in [-0.4, -0.2) is 27.1 Å². The van der Waals surface area contributed by atoms with Gasteiger partial charge in [-0.1, -0.05) is 24.3 Å². The summed E-state index contributed by atoms with van der Waals surface area (Å²) in [5.41, 5.74) is 9.32. The van der Waals surface area contributed by atoms with Crippen molar-refractivity contribution in [3.63, 3.8) is 0 Å². The van der Waals surface area contributed by atoms with E-state index in [0.29, 0.717) is 17.9 Å². The second-order valence-corrected chi connectivity index (χ2v) is 5.17. The summed E-state index contributed by atoms with van der Waals surface area (Å²) < 4.78 is 1.55. The van der Waals surface area contributed by atoms with Gasteiger partial charge in [-0.2, -0.15) is 5.10 Å². The normalized spacial score (nSPS) is 14.8. The zero-order chi connectivity index (χ0) is 14.1. The minimum Gasteiger partial charge on any atom is -0.396 e. The van der Waals surface area contributed by atoms with Crippen molar-refractivity contribution in [2.75, 3.05) is 12.3 Å². The smallest absolute Gasteiger partial charge is 0.274 e. The third kappa shape index (κ3) is 2.15. The molecule has 1 amide bonds. The lowest BCUT2D eigenvalue weighted by molar-refractivity contribution is 0.0736. The van der Waals surface area contributed by atoms with E-state index in [1.54, 1.807) is 11.7 Å². The maximum Gasteiger partial charge on any atom is 0.274 e. The molecule has 0 saturated carbocycles. The van der Waals surface area contributed by atoms with Crippen LogP contribution >= 0.6 is 0 Å². The summed E-state index contributed by atoms with van der Waals surface area (Å²) in [6.07, 6.45) is 3.51. The first-order chi connectivity index (χ1) is 9.66. The van der Waals surface area contributed by atoms with Gasteiger partial charge in [-0.15, -0.1) is 0 Å². The lowest BCUT2D eigenvalue weighted by Gasteiger charge is -2.21. The van der Waals surface area contributed by atoms with Gasteiger partial charge < -0.3 is 10.6 Å². The zero-order valence-electron chi connectivity index (χ0n) is 11.5. The first-order valence-corrected chi connectivity index (χ1v) is 6.80. The van der Waals surface area contributed by atoms with Crippen molar-refractivity contribution < 1.29 is 4.79 Å². The molecule has 1 aliphatic rings. The molecule has 1 aliphatic heterocycles. The number of aromatic nitrogens is 2. The largest absolute Gasteiger partial charge is 0.396 e. The molecule has 5 nitrogen and oxygen atoms in total. The Balaban J connectivity index is 1.90. The lowest BCUT2D eigenvalue weighted by Crippen LogP contribution is -2.32. The summed E-state index contributed by atoms with van der Waals surface area (Å²) in [6, 6.07) is 8.30. The second-order valence-electron chi connectivity index (χ2n) is 5.17. The number of anilines is 1. The number of hydrogen-bond donors (Lipinski definition) is 1. The van der Waals surface area contributed by atoms with Crippen LogP contribution in [0.25, 0.3) is 0 Å². The van der Waals surface area contributed by atoms with E-state index in [1.165, 1.54) is 17.3 Å². The number of aryl methyl sites for hydroxylation is 2. The standard InChI is InChI=1S/C15H18N4O/c1-18-14(13(16)9-17-18)15(20)19-8-4-7-11-5-2-3-6-12(11)10-19/h2-3,5-6,9H,4,7-8,10,16H2,1H3. The molecular weight excluding hydrogens is 252 g/mol. The fourth-order valence-corrected chi connectivity index (χ4v) is 2.74. The van der Waals surface area contributed by atoms with Crippen LogP contribution in [-0.2, 0) is 20.0 Å². The number of amides is 1. The summed E-state index contributed by atoms with van der Waals surface area (Å²) >= 11 is 0. The van der Waals surface area contributed by atoms with Crippen LogP contribution in [0.3, 0.4) is 0 Å². The van der Waals surface area contributed by atoms with Gasteiger partial charge >= 0.3 is 0 Å². The molecule has 2 aromatic rings. The predicted molar refractivity (Wildman–Crippen MR) is 77.1 cm³/mol. The maximum atomic E-state index is 12.7. The maximum absolute atomic E-state index is 12.7. The summed E-state index contributed by atoms with van der Waals surface area (Å²) in [5, 5.41) is 4.04. The fraction of sp³-hybridized carbons (Fsp3) is 0.333. The van der Waals surface area contributed by atoms with Gasteiger partial charge in [0, 0.05) is 20.1 Å².